The van der Waals surface area contributed by atoms with Gasteiger partial charge in [-0.1, -0.05) is 87.4 Å². The average molecular weight is 852 g/mol. The van der Waals surface area contributed by atoms with Gasteiger partial charge in [0.2, 0.25) is 0 Å². The van der Waals surface area contributed by atoms with Gasteiger partial charge in [0.1, 0.15) is 29.8 Å². The molecule has 3 aliphatic rings. The molecule has 0 unspecified atom stereocenters. The predicted octanol–water partition coefficient (Wildman–Crippen LogP) is 5.86. The zero-order valence-electron chi connectivity index (χ0n) is 38.3. The number of aliphatic hydroxyl groups excluding tert-OH is 2. The Morgan fingerprint density at radius 3 is 2.23 bits per heavy atom. The van der Waals surface area contributed by atoms with Crippen LogP contribution in [0.25, 0.3) is 11.1 Å². The second-order valence-corrected chi connectivity index (χ2v) is 18.6. The Bertz CT molecular complexity index is 1760. The Morgan fingerprint density at radius 1 is 0.951 bits per heavy atom. The molecule has 3 N–H and O–H groups in total. The highest BCUT2D eigenvalue weighted by Gasteiger charge is 2.51. The Kier molecular flexibility index (Phi) is 16.7. The van der Waals surface area contributed by atoms with Gasteiger partial charge < -0.3 is 44.0 Å². The Balaban J connectivity index is 1.46. The summed E-state index contributed by atoms with van der Waals surface area (Å²) in [4.78, 5) is 38.7. The lowest BCUT2D eigenvalue weighted by Gasteiger charge is -2.47. The lowest BCUT2D eigenvalue weighted by atomic mass is 9.74. The maximum atomic E-state index is 14.3. The van der Waals surface area contributed by atoms with E-state index < -0.39 is 77.3 Å². The normalized spacial score (nSPS) is 38.2. The van der Waals surface area contributed by atoms with Crippen molar-refractivity contribution in [3.8, 4) is 11.1 Å². The van der Waals surface area contributed by atoms with Crippen LogP contribution in [0.15, 0.2) is 59.8 Å². The summed E-state index contributed by atoms with van der Waals surface area (Å²) in [6.07, 6.45) is -3.53. The largest absolute Gasteiger partial charge is 0.459 e. The molecule has 3 saturated heterocycles. The molecule has 13 heteroatoms. The number of esters is 1. The number of cyclic esters (lactones) is 1. The van der Waals surface area contributed by atoms with Gasteiger partial charge in [-0.25, -0.2) is 0 Å². The number of carbonyl (C=O) groups is 2. The molecule has 2 aromatic carbocycles. The van der Waals surface area contributed by atoms with E-state index in [1.54, 1.807) is 27.9 Å². The zero-order valence-corrected chi connectivity index (χ0v) is 38.3. The maximum absolute atomic E-state index is 14.3. The third-order valence-electron chi connectivity index (χ3n) is 13.6. The Labute approximate surface area is 363 Å². The number of likely N-dealkylation sites (N-methyl/N-ethyl adjacent to an activating group) is 1. The van der Waals surface area contributed by atoms with E-state index in [1.165, 1.54) is 30.5 Å². The van der Waals surface area contributed by atoms with Crippen molar-refractivity contribution in [3.05, 3.63) is 60.2 Å². The molecule has 13 nitrogen and oxygen atoms in total. The van der Waals surface area contributed by atoms with Crippen molar-refractivity contribution in [2.24, 2.45) is 28.8 Å². The minimum Gasteiger partial charge on any atom is -0.459 e. The maximum Gasteiger partial charge on any atom is 0.316 e. The molecule has 5 rings (SSSR count). The third-order valence-corrected chi connectivity index (χ3v) is 13.6. The minimum absolute atomic E-state index is 0.181. The molecule has 0 radical (unpaired) electrons. The monoisotopic (exact) mass is 852 g/mol. The summed E-state index contributed by atoms with van der Waals surface area (Å²) in [6, 6.07) is 18.7. The first-order valence-electron chi connectivity index (χ1n) is 22.3. The molecule has 0 aromatic heterocycles. The van der Waals surface area contributed by atoms with Gasteiger partial charge in [-0.05, 0) is 97.1 Å². The predicted molar refractivity (Wildman–Crippen MR) is 234 cm³/mol. The molecule has 0 aliphatic carbocycles. The minimum atomic E-state index is -1.91. The van der Waals surface area contributed by atoms with Gasteiger partial charge in [0.05, 0.1) is 29.6 Å². The van der Waals surface area contributed by atoms with Gasteiger partial charge in [0, 0.05) is 44.0 Å². The Hall–Kier alpha value is -3.27. The molecule has 0 spiro atoms. The lowest BCUT2D eigenvalue weighted by Crippen LogP contribution is -2.60. The molecule has 3 heterocycles. The number of oxime groups is 1. The number of ether oxygens (including phenoxy) is 4. The summed E-state index contributed by atoms with van der Waals surface area (Å²) in [5, 5.41) is 40.3. The van der Waals surface area contributed by atoms with Crippen molar-refractivity contribution in [1.82, 2.24) is 9.80 Å². The fraction of sp³-hybridized carbons (Fsp3) is 0.688. The van der Waals surface area contributed by atoms with Crippen molar-refractivity contribution in [2.45, 2.75) is 154 Å². The summed E-state index contributed by atoms with van der Waals surface area (Å²) < 4.78 is 25.1. The standard InChI is InChI=1S/C48H73N3O10/c1-12-39-48(8,56)43(54)31(4)40(49-61-37-19-16-24-51(28-37)27-34-20-22-36(23-21-34)35-17-14-13-15-18-35)29(2)26-47(7,57-11)44(32(5)41(52)33(6)45(55)59-39)60-46-42(53)38(50(9)10)25-30(3)58-46/h13-15,17-18,20-23,29-33,37-39,42-44,46,53-54,56H,12,16,19,24-28H2,1-11H3/b49-40+/t29-,30-,31+,32+,33-,37-,38+,39-,42-,43-,44-,46+,47-,48-/m1/s1. The molecule has 61 heavy (non-hydrogen) atoms. The van der Waals surface area contributed by atoms with Crippen LogP contribution in [0.2, 0.25) is 0 Å². The van der Waals surface area contributed by atoms with Crippen molar-refractivity contribution < 1.29 is 48.7 Å². The smallest absolute Gasteiger partial charge is 0.316 e. The number of carbonyl (C=O) groups excluding carboxylic acids is 2. The topological polar surface area (TPSA) is 160 Å². The van der Waals surface area contributed by atoms with Crippen LogP contribution in [-0.4, -0.2) is 137 Å². The van der Waals surface area contributed by atoms with Gasteiger partial charge in [0.15, 0.2) is 12.1 Å². The average Bonchev–Trinajstić information content (AvgIpc) is 3.24. The van der Waals surface area contributed by atoms with E-state index in [4.69, 9.17) is 28.9 Å². The second-order valence-electron chi connectivity index (χ2n) is 18.6. The van der Waals surface area contributed by atoms with Crippen LogP contribution in [0.3, 0.4) is 0 Å². The van der Waals surface area contributed by atoms with Crippen molar-refractivity contribution in [2.75, 3.05) is 34.3 Å². The molecule has 14 atom stereocenters. The quantitative estimate of drug-likeness (QED) is 0.149. The first-order valence-corrected chi connectivity index (χ1v) is 22.3. The molecule has 3 fully saturated rings. The first-order chi connectivity index (χ1) is 28.8. The first kappa shape index (κ1) is 48.8. The second kappa shape index (κ2) is 20.9. The van der Waals surface area contributed by atoms with Crippen LogP contribution >= 0.6 is 0 Å². The highest BCUT2D eigenvalue weighted by atomic mass is 16.7. The zero-order chi connectivity index (χ0) is 44.8. The van der Waals surface area contributed by atoms with Gasteiger partial charge in [-0.2, -0.15) is 0 Å². The van der Waals surface area contributed by atoms with Crippen molar-refractivity contribution in [3.63, 3.8) is 0 Å². The SMILES string of the molecule is CC[C@H]1OC(=O)[C@H](C)C(=O)[C@H](C)[C@@H](O[C@@H]2O[C@H](C)C[C@H](N(C)C)[C@H]2O)[C@](C)(OC)C[C@@H](C)/C(=N\O[C@@H]2CCCN(Cc3ccc(-c4ccccc4)cc3)C2)[C@H](C)[C@@H](O)[C@]1(C)O. The molecule has 3 aliphatic heterocycles. The van der Waals surface area contributed by atoms with E-state index in [-0.39, 0.29) is 31.1 Å². The van der Waals surface area contributed by atoms with Crippen LogP contribution < -0.4 is 0 Å². The van der Waals surface area contributed by atoms with Crippen LogP contribution in [-0.2, 0) is 39.9 Å². The number of Topliss-reactive ketones (excluding diaryl/α,β-unsaturated/α-hetero) is 1. The Morgan fingerprint density at radius 2 is 1.61 bits per heavy atom. The molecule has 0 saturated carbocycles. The third kappa shape index (κ3) is 11.5. The van der Waals surface area contributed by atoms with Crippen molar-refractivity contribution >= 4 is 17.5 Å². The van der Waals surface area contributed by atoms with Gasteiger partial charge in [0.25, 0.3) is 0 Å². The molecule has 0 amide bonds. The fourth-order valence-corrected chi connectivity index (χ4v) is 9.69. The van der Waals surface area contributed by atoms with E-state index in [0.717, 1.165) is 25.9 Å². The van der Waals surface area contributed by atoms with Gasteiger partial charge in [-0.3, -0.25) is 14.5 Å². The van der Waals surface area contributed by atoms with E-state index in [1.807, 2.05) is 58.0 Å². The highest BCUT2D eigenvalue weighted by molar-refractivity contribution is 6.00. The van der Waals surface area contributed by atoms with E-state index in [2.05, 4.69) is 41.3 Å². The van der Waals surface area contributed by atoms with Gasteiger partial charge in [-0.15, -0.1) is 0 Å². The van der Waals surface area contributed by atoms with Crippen LogP contribution in [0, 0.1) is 23.7 Å². The number of piperidine rings is 1. The number of hydrogen-bond acceptors (Lipinski definition) is 13. The number of aliphatic hydroxyl groups is 3. The molecular weight excluding hydrogens is 779 g/mol. The van der Waals surface area contributed by atoms with Crippen molar-refractivity contribution in [1.29, 1.82) is 0 Å². The summed E-state index contributed by atoms with van der Waals surface area (Å²) in [5.41, 5.74) is 0.884. The number of rotatable bonds is 10. The molecule has 0 bridgehead atoms. The molecule has 2 aromatic rings. The highest BCUT2D eigenvalue weighted by Crippen LogP contribution is 2.39. The summed E-state index contributed by atoms with van der Waals surface area (Å²) in [6.45, 7) is 16.2. The summed E-state index contributed by atoms with van der Waals surface area (Å²) in [5.74, 6) is -4.67. The molecule has 340 valence electrons. The van der Waals surface area contributed by atoms with E-state index in [9.17, 15) is 24.9 Å². The number of methoxy groups -OCH3 is 1. The van der Waals surface area contributed by atoms with Crippen LogP contribution in [0.5, 0.6) is 0 Å². The van der Waals surface area contributed by atoms with Crippen LogP contribution in [0.4, 0.5) is 0 Å². The number of hydrogen-bond donors (Lipinski definition) is 3. The number of ketones is 1. The van der Waals surface area contributed by atoms with Crippen LogP contribution in [0.1, 0.15) is 93.1 Å². The van der Waals surface area contributed by atoms with E-state index >= 15 is 0 Å². The lowest BCUT2D eigenvalue weighted by molar-refractivity contribution is -0.295. The number of nitrogens with zero attached hydrogens (tertiary/aromatic N) is 3. The molecular formula is C48H73N3O10. The number of likely N-dealkylation sites (tertiary alicyclic amines) is 1. The van der Waals surface area contributed by atoms with E-state index in [0.29, 0.717) is 18.7 Å². The fourth-order valence-electron chi connectivity index (χ4n) is 9.69. The number of benzene rings is 2. The summed E-state index contributed by atoms with van der Waals surface area (Å²) in [7, 11) is 5.32. The summed E-state index contributed by atoms with van der Waals surface area (Å²) >= 11 is 0. The van der Waals surface area contributed by atoms with Gasteiger partial charge >= 0.3 is 5.97 Å².